The molecule has 3 atom stereocenters. The van der Waals surface area contributed by atoms with E-state index in [2.05, 4.69) is 32.9 Å². The van der Waals surface area contributed by atoms with Gasteiger partial charge in [-0.2, -0.15) is 0 Å². The van der Waals surface area contributed by atoms with Crippen LogP contribution >= 0.6 is 0 Å². The highest BCUT2D eigenvalue weighted by Gasteiger charge is 2.31. The summed E-state index contributed by atoms with van der Waals surface area (Å²) < 4.78 is 6.25. The van der Waals surface area contributed by atoms with Crippen LogP contribution in [-0.4, -0.2) is 12.7 Å². The average molecular weight is 289 g/mol. The molecule has 0 bridgehead atoms. The molecule has 0 radical (unpaired) electrons. The van der Waals surface area contributed by atoms with Gasteiger partial charge in [0.2, 0.25) is 0 Å². The molecule has 1 saturated carbocycles. The third-order valence-corrected chi connectivity index (χ3v) is 4.88. The summed E-state index contributed by atoms with van der Waals surface area (Å²) in [5.41, 5.74) is 7.90. The van der Waals surface area contributed by atoms with Crippen LogP contribution in [0.25, 0.3) is 0 Å². The summed E-state index contributed by atoms with van der Waals surface area (Å²) in [7, 11) is 0. The first kappa shape index (κ1) is 16.4. The fraction of sp³-hybridized carbons (Fsp3) is 0.684. The summed E-state index contributed by atoms with van der Waals surface area (Å²) in [5, 5.41) is 0. The molecule has 0 amide bonds. The van der Waals surface area contributed by atoms with E-state index in [1.54, 1.807) is 0 Å². The van der Waals surface area contributed by atoms with Gasteiger partial charge in [-0.05, 0) is 61.1 Å². The van der Waals surface area contributed by atoms with Gasteiger partial charge in [-0.3, -0.25) is 0 Å². The zero-order chi connectivity index (χ0) is 15.2. The van der Waals surface area contributed by atoms with E-state index < -0.39 is 0 Å². The van der Waals surface area contributed by atoms with Crippen molar-refractivity contribution in [1.29, 1.82) is 0 Å². The molecule has 1 fully saturated rings. The Bertz CT molecular complexity index is 412. The Morgan fingerprint density at radius 1 is 1.19 bits per heavy atom. The van der Waals surface area contributed by atoms with Crippen LogP contribution in [0, 0.1) is 17.8 Å². The fourth-order valence-electron chi connectivity index (χ4n) is 3.50. The maximum absolute atomic E-state index is 6.25. The summed E-state index contributed by atoms with van der Waals surface area (Å²) >= 11 is 0. The van der Waals surface area contributed by atoms with Gasteiger partial charge in [-0.25, -0.2) is 0 Å². The normalized spacial score (nSPS) is 26.2. The minimum Gasteiger partial charge on any atom is -0.399 e. The average Bonchev–Trinajstić information content (AvgIpc) is 2.45. The Hall–Kier alpha value is -1.02. The van der Waals surface area contributed by atoms with E-state index in [1.807, 2.05) is 12.1 Å². The van der Waals surface area contributed by atoms with Crippen molar-refractivity contribution >= 4 is 5.69 Å². The van der Waals surface area contributed by atoms with Gasteiger partial charge in [0.1, 0.15) is 0 Å². The molecule has 2 rings (SSSR count). The van der Waals surface area contributed by atoms with Crippen molar-refractivity contribution in [3.63, 3.8) is 0 Å². The van der Waals surface area contributed by atoms with Gasteiger partial charge in [-0.15, -0.1) is 0 Å². The molecule has 2 N–H and O–H groups in total. The van der Waals surface area contributed by atoms with Crippen molar-refractivity contribution in [1.82, 2.24) is 0 Å². The zero-order valence-electron chi connectivity index (χ0n) is 13.8. The predicted molar refractivity (Wildman–Crippen MR) is 90.3 cm³/mol. The molecule has 118 valence electrons. The lowest BCUT2D eigenvalue weighted by atomic mass is 9.75. The quantitative estimate of drug-likeness (QED) is 0.609. The van der Waals surface area contributed by atoms with Crippen LogP contribution in [0.1, 0.15) is 52.0 Å². The molecule has 21 heavy (non-hydrogen) atoms. The van der Waals surface area contributed by atoms with E-state index in [1.165, 1.54) is 24.8 Å². The third kappa shape index (κ3) is 5.03. The summed E-state index contributed by atoms with van der Waals surface area (Å²) in [5.74, 6) is 2.31. The molecule has 0 saturated heterocycles. The van der Waals surface area contributed by atoms with Gasteiger partial charge in [0, 0.05) is 12.3 Å². The Morgan fingerprint density at radius 2 is 1.90 bits per heavy atom. The number of benzene rings is 1. The van der Waals surface area contributed by atoms with E-state index in [0.717, 1.165) is 42.9 Å². The summed E-state index contributed by atoms with van der Waals surface area (Å²) in [4.78, 5) is 0. The Balaban J connectivity index is 1.74. The molecular weight excluding hydrogens is 258 g/mol. The van der Waals surface area contributed by atoms with Crippen LogP contribution in [0.15, 0.2) is 24.3 Å². The zero-order valence-corrected chi connectivity index (χ0v) is 13.8. The molecule has 1 aliphatic carbocycles. The van der Waals surface area contributed by atoms with Gasteiger partial charge >= 0.3 is 0 Å². The number of ether oxygens (including phenoxy) is 1. The van der Waals surface area contributed by atoms with Crippen LogP contribution in [0.4, 0.5) is 5.69 Å². The van der Waals surface area contributed by atoms with Gasteiger partial charge in [-0.1, -0.05) is 39.3 Å². The van der Waals surface area contributed by atoms with Crippen LogP contribution in [0.2, 0.25) is 0 Å². The van der Waals surface area contributed by atoms with E-state index >= 15 is 0 Å². The number of anilines is 1. The van der Waals surface area contributed by atoms with Gasteiger partial charge in [0.05, 0.1) is 6.10 Å². The lowest BCUT2D eigenvalue weighted by Gasteiger charge is -2.37. The van der Waals surface area contributed by atoms with Crippen molar-refractivity contribution in [2.45, 2.75) is 59.0 Å². The second kappa shape index (κ2) is 7.84. The molecule has 0 aromatic heterocycles. The highest BCUT2D eigenvalue weighted by Crippen LogP contribution is 2.35. The molecule has 1 aromatic carbocycles. The first-order valence-corrected chi connectivity index (χ1v) is 8.52. The second-order valence-corrected chi connectivity index (χ2v) is 7.08. The summed E-state index contributed by atoms with van der Waals surface area (Å²) in [6.07, 6.45) is 6.59. The summed E-state index contributed by atoms with van der Waals surface area (Å²) in [6, 6.07) is 8.20. The van der Waals surface area contributed by atoms with E-state index in [4.69, 9.17) is 10.5 Å². The largest absolute Gasteiger partial charge is 0.399 e. The van der Waals surface area contributed by atoms with Crippen molar-refractivity contribution in [3.8, 4) is 0 Å². The van der Waals surface area contributed by atoms with E-state index in [9.17, 15) is 0 Å². The third-order valence-electron chi connectivity index (χ3n) is 4.88. The molecule has 3 unspecified atom stereocenters. The van der Waals surface area contributed by atoms with Gasteiger partial charge in [0.15, 0.2) is 0 Å². The first-order chi connectivity index (χ1) is 10.1. The molecule has 0 heterocycles. The fourth-order valence-corrected chi connectivity index (χ4v) is 3.50. The summed E-state index contributed by atoms with van der Waals surface area (Å²) in [6.45, 7) is 7.92. The number of nitrogens with two attached hydrogens (primary N) is 1. The number of hydrogen-bond donors (Lipinski definition) is 1. The number of nitrogen functional groups attached to an aromatic ring is 1. The molecule has 2 heteroatoms. The SMILES string of the molecule is CC1CCC(C(C)C)C(OCCCc2ccc(N)cc2)C1. The smallest absolute Gasteiger partial charge is 0.0608 e. The number of hydrogen-bond acceptors (Lipinski definition) is 2. The maximum atomic E-state index is 6.25. The molecule has 1 aromatic rings. The number of aryl methyl sites for hydroxylation is 1. The number of rotatable bonds is 6. The molecule has 2 nitrogen and oxygen atoms in total. The van der Waals surface area contributed by atoms with E-state index in [0.29, 0.717) is 6.10 Å². The predicted octanol–water partition coefficient (Wildman–Crippen LogP) is 4.68. The van der Waals surface area contributed by atoms with Crippen molar-refractivity contribution in [3.05, 3.63) is 29.8 Å². The van der Waals surface area contributed by atoms with Crippen molar-refractivity contribution in [2.24, 2.45) is 17.8 Å². The standard InChI is InChI=1S/C19H31NO/c1-14(2)18-11-6-15(3)13-19(18)21-12-4-5-16-7-9-17(20)10-8-16/h7-10,14-15,18-19H,4-6,11-13,20H2,1-3H3. The molecule has 0 aliphatic heterocycles. The van der Waals surface area contributed by atoms with Gasteiger partial charge in [0.25, 0.3) is 0 Å². The lowest BCUT2D eigenvalue weighted by molar-refractivity contribution is -0.0388. The Kier molecular flexibility index (Phi) is 6.10. The van der Waals surface area contributed by atoms with Crippen LogP contribution in [-0.2, 0) is 11.2 Å². The van der Waals surface area contributed by atoms with Crippen molar-refractivity contribution < 1.29 is 4.74 Å². The molecule has 0 spiro atoms. The van der Waals surface area contributed by atoms with Crippen molar-refractivity contribution in [2.75, 3.05) is 12.3 Å². The monoisotopic (exact) mass is 289 g/mol. The highest BCUT2D eigenvalue weighted by atomic mass is 16.5. The van der Waals surface area contributed by atoms with Gasteiger partial charge < -0.3 is 10.5 Å². The minimum absolute atomic E-state index is 0.472. The van der Waals surface area contributed by atoms with E-state index in [-0.39, 0.29) is 0 Å². The Morgan fingerprint density at radius 3 is 2.57 bits per heavy atom. The minimum atomic E-state index is 0.472. The second-order valence-electron chi connectivity index (χ2n) is 7.08. The topological polar surface area (TPSA) is 35.2 Å². The van der Waals surface area contributed by atoms with Crippen LogP contribution in [0.5, 0.6) is 0 Å². The lowest BCUT2D eigenvalue weighted by Crippen LogP contribution is -2.34. The highest BCUT2D eigenvalue weighted by molar-refractivity contribution is 5.39. The first-order valence-electron chi connectivity index (χ1n) is 8.52. The Labute approximate surface area is 130 Å². The van der Waals surface area contributed by atoms with Crippen LogP contribution in [0.3, 0.4) is 0 Å². The van der Waals surface area contributed by atoms with Crippen LogP contribution < -0.4 is 5.73 Å². The molecule has 1 aliphatic rings. The maximum Gasteiger partial charge on any atom is 0.0608 e. The molecular formula is C19H31NO.